The zero-order chi connectivity index (χ0) is 24.5. The lowest BCUT2D eigenvalue weighted by Gasteiger charge is -2.29. The molecule has 2 aliphatic rings. The number of aryl methyl sites for hydroxylation is 1. The number of hydrogen-bond acceptors (Lipinski definition) is 7. The van der Waals surface area contributed by atoms with Crippen LogP contribution in [0.3, 0.4) is 0 Å². The van der Waals surface area contributed by atoms with Crippen LogP contribution in [-0.2, 0) is 16.1 Å². The van der Waals surface area contributed by atoms with Gasteiger partial charge in [-0.05, 0) is 49.2 Å². The molecule has 182 valence electrons. The zero-order valence-corrected chi connectivity index (χ0v) is 20.5. The number of nitrogens with zero attached hydrogens (tertiary/aromatic N) is 3. The van der Waals surface area contributed by atoms with Gasteiger partial charge in [0, 0.05) is 29.9 Å². The van der Waals surface area contributed by atoms with E-state index in [2.05, 4.69) is 20.7 Å². The Morgan fingerprint density at radius 3 is 2.77 bits per heavy atom. The molecular weight excluding hydrogens is 470 g/mol. The fourth-order valence-corrected chi connectivity index (χ4v) is 4.39. The van der Waals surface area contributed by atoms with Crippen molar-refractivity contribution in [2.24, 2.45) is 0 Å². The minimum atomic E-state index is -0.553. The lowest BCUT2D eigenvalue weighted by molar-refractivity contribution is -0.113. The Balaban J connectivity index is 1.57. The first-order valence-corrected chi connectivity index (χ1v) is 11.7. The molecule has 2 N–H and O–H groups in total. The van der Waals surface area contributed by atoms with Gasteiger partial charge in [-0.15, -0.1) is 0 Å². The van der Waals surface area contributed by atoms with Crippen molar-refractivity contribution in [1.82, 2.24) is 14.8 Å². The fraction of sp³-hybridized carbons (Fsp3) is 0.320. The van der Waals surface area contributed by atoms with Crippen LogP contribution < -0.4 is 20.1 Å². The maximum absolute atomic E-state index is 13.6. The van der Waals surface area contributed by atoms with Crippen molar-refractivity contribution in [3.05, 3.63) is 69.6 Å². The molecule has 1 unspecified atom stereocenters. The molecule has 2 aromatic carbocycles. The molecule has 1 aromatic heterocycles. The summed E-state index contributed by atoms with van der Waals surface area (Å²) in [6.45, 7) is 5.17. The first-order chi connectivity index (χ1) is 16.9. The molecular formula is C25H26ClN5O4. The molecule has 1 atom stereocenters. The Hall–Kier alpha value is -3.56. The van der Waals surface area contributed by atoms with Crippen molar-refractivity contribution < 1.29 is 19.0 Å². The molecule has 0 spiro atoms. The quantitative estimate of drug-likeness (QED) is 0.538. The first-order valence-electron chi connectivity index (χ1n) is 11.3. The molecule has 10 heteroatoms. The largest absolute Gasteiger partial charge is 0.490 e. The van der Waals surface area contributed by atoms with Crippen LogP contribution in [0.2, 0.25) is 5.02 Å². The number of nitrogens with one attached hydrogen (secondary N) is 2. The van der Waals surface area contributed by atoms with Crippen LogP contribution in [-0.4, -0.2) is 41.0 Å². The molecule has 0 saturated carbocycles. The Morgan fingerprint density at radius 2 is 2.00 bits per heavy atom. The molecule has 1 amide bonds. The van der Waals surface area contributed by atoms with Gasteiger partial charge in [-0.2, -0.15) is 10.1 Å². The lowest BCUT2D eigenvalue weighted by atomic mass is 9.94. The number of ether oxygens (including phenoxy) is 3. The van der Waals surface area contributed by atoms with E-state index in [-0.39, 0.29) is 12.5 Å². The van der Waals surface area contributed by atoms with Gasteiger partial charge in [-0.1, -0.05) is 23.7 Å². The average Bonchev–Trinajstić information content (AvgIpc) is 3.07. The van der Waals surface area contributed by atoms with Crippen molar-refractivity contribution in [3.63, 3.8) is 0 Å². The number of fused-ring (bicyclic) bond motifs is 2. The van der Waals surface area contributed by atoms with Gasteiger partial charge in [0.05, 0.1) is 18.8 Å². The van der Waals surface area contributed by atoms with Gasteiger partial charge < -0.3 is 24.8 Å². The highest BCUT2D eigenvalue weighted by molar-refractivity contribution is 6.31. The summed E-state index contributed by atoms with van der Waals surface area (Å²) in [6, 6.07) is 10.6. The summed E-state index contributed by atoms with van der Waals surface area (Å²) in [5.74, 6) is 2.08. The fourth-order valence-electron chi connectivity index (χ4n) is 4.21. The van der Waals surface area contributed by atoms with Crippen LogP contribution in [0.5, 0.6) is 11.5 Å². The number of carbonyl (C=O) groups is 1. The molecule has 35 heavy (non-hydrogen) atoms. The van der Waals surface area contributed by atoms with E-state index in [4.69, 9.17) is 25.8 Å². The summed E-state index contributed by atoms with van der Waals surface area (Å²) in [4.78, 5) is 18.2. The molecule has 0 radical (unpaired) electrons. The second kappa shape index (κ2) is 9.59. The van der Waals surface area contributed by atoms with Crippen molar-refractivity contribution in [1.29, 1.82) is 0 Å². The number of halogens is 1. The van der Waals surface area contributed by atoms with E-state index in [0.29, 0.717) is 58.5 Å². The Kier molecular flexibility index (Phi) is 6.36. The molecule has 0 saturated heterocycles. The topological polar surface area (TPSA) is 99.5 Å². The second-order valence-electron chi connectivity index (χ2n) is 8.47. The molecule has 0 aliphatic carbocycles. The van der Waals surface area contributed by atoms with Gasteiger partial charge in [0.2, 0.25) is 5.95 Å². The molecule has 3 heterocycles. The summed E-state index contributed by atoms with van der Waals surface area (Å²) in [5, 5.41) is 11.4. The number of carbonyl (C=O) groups excluding carboxylic acids is 1. The van der Waals surface area contributed by atoms with Gasteiger partial charge in [0.1, 0.15) is 12.6 Å². The summed E-state index contributed by atoms with van der Waals surface area (Å²) >= 11 is 6.28. The molecule has 0 fully saturated rings. The molecule has 3 aromatic rings. The average molecular weight is 496 g/mol. The Morgan fingerprint density at radius 1 is 1.20 bits per heavy atom. The number of aromatic nitrogens is 3. The van der Waals surface area contributed by atoms with Gasteiger partial charge in [0.25, 0.3) is 5.91 Å². The lowest BCUT2D eigenvalue weighted by Crippen LogP contribution is -2.31. The number of rotatable bonds is 5. The zero-order valence-electron chi connectivity index (χ0n) is 19.7. The van der Waals surface area contributed by atoms with Gasteiger partial charge in [0.15, 0.2) is 17.3 Å². The molecule has 2 aliphatic heterocycles. The van der Waals surface area contributed by atoms with E-state index in [1.54, 1.807) is 17.9 Å². The van der Waals surface area contributed by atoms with Crippen LogP contribution in [0.1, 0.15) is 36.3 Å². The third kappa shape index (κ3) is 4.56. The van der Waals surface area contributed by atoms with E-state index >= 15 is 0 Å². The summed E-state index contributed by atoms with van der Waals surface area (Å²) in [6.07, 6.45) is 0.802. The summed E-state index contributed by atoms with van der Waals surface area (Å²) < 4.78 is 18.6. The van der Waals surface area contributed by atoms with Crippen LogP contribution in [0.4, 0.5) is 11.6 Å². The number of benzene rings is 2. The molecule has 5 rings (SSSR count). The number of allylic oxidation sites excluding steroid dienone is 1. The smallest absolute Gasteiger partial charge is 0.255 e. The van der Waals surface area contributed by atoms with E-state index in [1.165, 1.54) is 0 Å². The highest BCUT2D eigenvalue weighted by Crippen LogP contribution is 2.40. The molecule has 0 bridgehead atoms. The predicted octanol–water partition coefficient (Wildman–Crippen LogP) is 4.48. The van der Waals surface area contributed by atoms with Crippen LogP contribution in [0.15, 0.2) is 47.7 Å². The first kappa shape index (κ1) is 23.2. The Bertz CT molecular complexity index is 1320. The van der Waals surface area contributed by atoms with E-state index in [9.17, 15) is 4.79 Å². The van der Waals surface area contributed by atoms with Crippen molar-refractivity contribution in [3.8, 4) is 11.5 Å². The minimum absolute atomic E-state index is 0.248. The normalized spacial score (nSPS) is 16.9. The standard InChI is InChI=1S/C25H26ClN5O4/c1-14-5-7-17(12-18(14)26)28-24(32)22-15(2)27-25-29-21(13-33-3)30-31(25)23(22)16-6-8-19-20(11-16)35-10-4-9-34-19/h5-8,11-12,23H,4,9-10,13H2,1-3H3,(H,28,32)(H,27,29,30). The van der Waals surface area contributed by atoms with E-state index < -0.39 is 6.04 Å². The predicted molar refractivity (Wildman–Crippen MR) is 132 cm³/mol. The maximum Gasteiger partial charge on any atom is 0.255 e. The van der Waals surface area contributed by atoms with Crippen LogP contribution in [0.25, 0.3) is 0 Å². The number of amides is 1. The minimum Gasteiger partial charge on any atom is -0.490 e. The van der Waals surface area contributed by atoms with Crippen LogP contribution in [0, 0.1) is 6.92 Å². The van der Waals surface area contributed by atoms with Crippen molar-refractivity contribution in [2.45, 2.75) is 32.9 Å². The summed E-state index contributed by atoms with van der Waals surface area (Å²) in [7, 11) is 1.59. The van der Waals surface area contributed by atoms with Crippen molar-refractivity contribution in [2.75, 3.05) is 31.0 Å². The second-order valence-corrected chi connectivity index (χ2v) is 8.88. The number of anilines is 2. The monoisotopic (exact) mass is 495 g/mol. The van der Waals surface area contributed by atoms with Crippen molar-refractivity contribution >= 4 is 29.1 Å². The van der Waals surface area contributed by atoms with E-state index in [0.717, 1.165) is 17.5 Å². The third-order valence-electron chi connectivity index (χ3n) is 5.93. The molecule has 9 nitrogen and oxygen atoms in total. The van der Waals surface area contributed by atoms with Gasteiger partial charge >= 0.3 is 0 Å². The highest BCUT2D eigenvalue weighted by Gasteiger charge is 2.35. The van der Waals surface area contributed by atoms with Gasteiger partial charge in [-0.25, -0.2) is 4.68 Å². The maximum atomic E-state index is 13.6. The highest BCUT2D eigenvalue weighted by atomic mass is 35.5. The number of methoxy groups -OCH3 is 1. The Labute approximate surface area is 208 Å². The van der Waals surface area contributed by atoms with Crippen LogP contribution >= 0.6 is 11.6 Å². The summed E-state index contributed by atoms with van der Waals surface area (Å²) in [5.41, 5.74) is 3.52. The van der Waals surface area contributed by atoms with E-state index in [1.807, 2.05) is 44.2 Å². The third-order valence-corrected chi connectivity index (χ3v) is 6.34. The van der Waals surface area contributed by atoms with Gasteiger partial charge in [-0.3, -0.25) is 4.79 Å². The SMILES string of the molecule is COCc1nc2n(n1)C(c1ccc3c(c1)OCCCO3)C(C(=O)Nc1ccc(C)c(Cl)c1)=C(C)N2. The number of hydrogen-bond donors (Lipinski definition) is 2.